The number of aliphatic hydroxyl groups excluding tert-OH is 1. The smallest absolute Gasteiger partial charge is 0.162 e. The predicted octanol–water partition coefficient (Wildman–Crippen LogP) is 12.2. The van der Waals surface area contributed by atoms with Gasteiger partial charge in [0.1, 0.15) is 7.67 Å². The van der Waals surface area contributed by atoms with Crippen LogP contribution in [-0.2, 0) is 30.3 Å². The number of allylic oxidation sites excluding steroid dienone is 2. The fraction of sp³-hybridized carbons (Fsp3) is 0.477. The summed E-state index contributed by atoms with van der Waals surface area (Å²) in [6.45, 7) is 30.4. The topological polar surface area (TPSA) is 63.1 Å². The number of aliphatic hydroxyl groups is 1. The molecule has 0 saturated heterocycles. The zero-order valence-electron chi connectivity index (χ0n) is 34.2. The molecule has 0 atom stereocenters. The Morgan fingerprint density at radius 2 is 1.41 bits per heavy atom. The first-order valence-electron chi connectivity index (χ1n) is 18.7. The van der Waals surface area contributed by atoms with Gasteiger partial charge in [-0.2, -0.15) is 0 Å². The Morgan fingerprint density at radius 3 is 1.96 bits per heavy atom. The maximum absolute atomic E-state index is 12.3. The van der Waals surface area contributed by atoms with Gasteiger partial charge < -0.3 is 5.11 Å². The molecule has 2 aromatic heterocycles. The molecule has 51 heavy (non-hydrogen) atoms. The van der Waals surface area contributed by atoms with Gasteiger partial charge in [-0.15, -0.1) is 40.5 Å². The van der Waals surface area contributed by atoms with Crippen molar-refractivity contribution in [1.29, 1.82) is 0 Å². The van der Waals surface area contributed by atoms with Gasteiger partial charge in [-0.1, -0.05) is 143 Å². The molecule has 0 spiro atoms. The zero-order valence-corrected chi connectivity index (χ0v) is 37.4. The summed E-state index contributed by atoms with van der Waals surface area (Å²) in [5.41, 5.74) is 3.89. The molecule has 0 unspecified atom stereocenters. The van der Waals surface area contributed by atoms with Crippen LogP contribution in [0.1, 0.15) is 83.1 Å². The summed E-state index contributed by atoms with van der Waals surface area (Å²) in [4.78, 5) is 21.6. The molecule has 3 aromatic carbocycles. The number of carbonyl (C=O) groups excluding carboxylic acids is 1. The van der Waals surface area contributed by atoms with E-state index in [4.69, 9.17) is 1.37 Å². The minimum Gasteiger partial charge on any atom is -0.512 e. The van der Waals surface area contributed by atoms with Gasteiger partial charge in [-0.05, 0) is 34.3 Å². The van der Waals surface area contributed by atoms with Crippen molar-refractivity contribution in [1.82, 2.24) is 9.97 Å². The summed E-state index contributed by atoms with van der Waals surface area (Å²) >= 11 is 1.77. The van der Waals surface area contributed by atoms with Crippen LogP contribution in [0.4, 0.5) is 0 Å². The molecule has 0 bridgehead atoms. The predicted molar refractivity (Wildman–Crippen MR) is 220 cm³/mol. The van der Waals surface area contributed by atoms with Crippen molar-refractivity contribution in [3.63, 3.8) is 0 Å². The van der Waals surface area contributed by atoms with Crippen molar-refractivity contribution < 1.29 is 31.4 Å². The molecule has 0 saturated carbocycles. The molecule has 1 radical (unpaired) electrons. The summed E-state index contributed by atoms with van der Waals surface area (Å²) in [5.74, 6) is 1.63. The molecular weight excluding hydrogens is 841 g/mol. The molecule has 0 aliphatic rings. The summed E-state index contributed by atoms with van der Waals surface area (Å²) in [6.07, 6.45) is 1.54. The van der Waals surface area contributed by atoms with Gasteiger partial charge in [0.05, 0.1) is 19.3 Å². The van der Waals surface area contributed by atoms with Crippen molar-refractivity contribution in [2.45, 2.75) is 101 Å². The number of hydrogen-bond donors (Lipinski definition) is 1. The molecular formula is C44H59IrN2O2SSi-. The molecule has 277 valence electrons. The second-order valence-corrected chi connectivity index (χ2v) is 23.3. The largest absolute Gasteiger partial charge is 0.512 e. The molecule has 0 amide bonds. The molecule has 5 rings (SSSR count). The van der Waals surface area contributed by atoms with Gasteiger partial charge in [0.25, 0.3) is 0 Å². The van der Waals surface area contributed by atoms with Crippen molar-refractivity contribution >= 4 is 61.5 Å². The molecule has 4 nitrogen and oxygen atoms in total. The van der Waals surface area contributed by atoms with Crippen LogP contribution in [0.25, 0.3) is 42.3 Å². The van der Waals surface area contributed by atoms with E-state index in [0.717, 1.165) is 32.2 Å². The van der Waals surface area contributed by atoms with Gasteiger partial charge in [0.15, 0.2) is 5.78 Å². The van der Waals surface area contributed by atoms with Crippen LogP contribution in [0.15, 0.2) is 66.7 Å². The summed E-state index contributed by atoms with van der Waals surface area (Å²) < 4.78 is 10.7. The first-order valence-corrected chi connectivity index (χ1v) is 22.6. The van der Waals surface area contributed by atoms with E-state index >= 15 is 0 Å². The number of fused-ring (bicyclic) bond motifs is 4. The van der Waals surface area contributed by atoms with Crippen LogP contribution in [0.5, 0.6) is 0 Å². The van der Waals surface area contributed by atoms with Gasteiger partial charge in [0, 0.05) is 58.5 Å². The number of thiophene rings is 1. The normalized spacial score (nSPS) is 13.2. The molecule has 5 aromatic rings. The molecule has 7 heteroatoms. The second-order valence-electron chi connectivity index (χ2n) is 17.3. The number of aromatic nitrogens is 2. The van der Waals surface area contributed by atoms with E-state index in [1.165, 1.54) is 26.9 Å². The fourth-order valence-electron chi connectivity index (χ4n) is 7.52. The maximum atomic E-state index is 12.3. The Balaban J connectivity index is 0.000000317. The molecule has 2 heterocycles. The Kier molecular flexibility index (Phi) is 13.7. The SMILES string of the molecule is CC(C)C(C(=O)/C=C(\O)C(C(C)C)C(C)C)C(C)C.[2H]c1nc(-c2[c-]c3ccccc3c(C(C)(C)C)c2)c2sc3c([Si](C)(C)C)cccc3c2n1.[Ir]. The van der Waals surface area contributed by atoms with E-state index in [9.17, 15) is 9.90 Å². The Hall–Kier alpha value is -2.70. The third kappa shape index (κ3) is 9.65. The van der Waals surface area contributed by atoms with E-state index in [-0.39, 0.29) is 55.2 Å². The quantitative estimate of drug-likeness (QED) is 0.0693. The van der Waals surface area contributed by atoms with Crippen molar-refractivity contribution in [2.24, 2.45) is 35.5 Å². The Morgan fingerprint density at radius 1 is 0.843 bits per heavy atom. The zero-order chi connectivity index (χ0) is 38.2. The van der Waals surface area contributed by atoms with Crippen LogP contribution in [0.3, 0.4) is 0 Å². The monoisotopic (exact) mass is 901 g/mol. The van der Waals surface area contributed by atoms with Gasteiger partial charge in [-0.3, -0.25) is 9.78 Å². The number of nitrogens with zero attached hydrogens (tertiary/aromatic N) is 2. The number of benzene rings is 3. The first-order chi connectivity index (χ1) is 23.6. The van der Waals surface area contributed by atoms with Crippen LogP contribution < -0.4 is 5.19 Å². The number of ketones is 1. The average Bonchev–Trinajstić information content (AvgIpc) is 3.37. The van der Waals surface area contributed by atoms with Crippen LogP contribution >= 0.6 is 11.3 Å². The second kappa shape index (κ2) is 17.0. The molecule has 0 aliphatic carbocycles. The van der Waals surface area contributed by atoms with Gasteiger partial charge in [-0.25, -0.2) is 4.98 Å². The average molecular weight is 901 g/mol. The third-order valence-corrected chi connectivity index (χ3v) is 13.2. The summed E-state index contributed by atoms with van der Waals surface area (Å²) in [5, 5.41) is 15.1. The van der Waals surface area contributed by atoms with E-state index in [1.807, 2.05) is 0 Å². The fourth-order valence-corrected chi connectivity index (χ4v) is 11.2. The van der Waals surface area contributed by atoms with E-state index in [2.05, 4.69) is 160 Å². The number of rotatable bonds is 9. The minimum absolute atomic E-state index is 0. The third-order valence-electron chi connectivity index (χ3n) is 9.71. The van der Waals surface area contributed by atoms with E-state index in [0.29, 0.717) is 23.7 Å². The minimum atomic E-state index is -1.53. The van der Waals surface area contributed by atoms with Crippen LogP contribution in [-0.4, -0.2) is 28.9 Å². The number of hydrogen-bond acceptors (Lipinski definition) is 5. The summed E-state index contributed by atoms with van der Waals surface area (Å²) in [6, 6.07) is 20.8. The number of carbonyl (C=O) groups is 1. The van der Waals surface area contributed by atoms with Crippen LogP contribution in [0, 0.1) is 41.6 Å². The molecule has 1 N–H and O–H groups in total. The van der Waals surface area contributed by atoms with E-state index < -0.39 is 8.07 Å². The van der Waals surface area contributed by atoms with Crippen molar-refractivity contribution in [3.05, 3.63) is 78.3 Å². The molecule has 0 fully saturated rings. The van der Waals surface area contributed by atoms with Gasteiger partial charge >= 0.3 is 0 Å². The maximum Gasteiger partial charge on any atom is 0.162 e. The molecule has 0 aliphatic heterocycles. The van der Waals surface area contributed by atoms with Crippen molar-refractivity contribution in [2.75, 3.05) is 0 Å². The van der Waals surface area contributed by atoms with Crippen LogP contribution in [0.2, 0.25) is 19.6 Å². The first kappa shape index (κ1) is 41.1. The van der Waals surface area contributed by atoms with E-state index in [1.54, 1.807) is 11.3 Å². The summed E-state index contributed by atoms with van der Waals surface area (Å²) in [7, 11) is -1.53. The Labute approximate surface area is 327 Å². The van der Waals surface area contributed by atoms with Crippen molar-refractivity contribution in [3.8, 4) is 11.3 Å². The van der Waals surface area contributed by atoms with Gasteiger partial charge in [0.2, 0.25) is 0 Å². The Bertz CT molecular complexity index is 2040. The standard InChI is InChI=1S/C27H27N2SSi.C17H32O2.Ir/c1-27(2,3)21-15-18(14-17-10-7-8-11-19(17)21)23-26-24(29-16-28-23)20-12-9-13-22(25(20)30-26)31(4,5)6;1-10(2)16(11(3)4)14(18)9-15(19)17(12(5)6)13(7)8;/h7-13,15-16H,1-6H3;9-13,16-18H,1-8H3;/q-1;;/b;14-9-;/i16D;;.